The first kappa shape index (κ1) is 21.0. The fourth-order valence-corrected chi connectivity index (χ4v) is 4.32. The molecule has 2 atom stereocenters. The minimum Gasteiger partial charge on any atom is -0.416 e. The molecule has 146 valence electrons. The molecular formula is C16H29N5O3SSi. The summed E-state index contributed by atoms with van der Waals surface area (Å²) in [4.78, 5) is 24.0. The number of nitrogens with zero attached hydrogens (tertiary/aromatic N) is 4. The Morgan fingerprint density at radius 1 is 1.38 bits per heavy atom. The van der Waals surface area contributed by atoms with Gasteiger partial charge in [-0.1, -0.05) is 32.5 Å². The van der Waals surface area contributed by atoms with Crippen LogP contribution in [0.5, 0.6) is 0 Å². The zero-order valence-electron chi connectivity index (χ0n) is 16.2. The number of aryl methyl sites for hydroxylation is 1. The summed E-state index contributed by atoms with van der Waals surface area (Å²) in [5.74, 6) is -0.257. The Hall–Kier alpha value is -1.26. The van der Waals surface area contributed by atoms with Gasteiger partial charge in [0.1, 0.15) is 6.33 Å². The van der Waals surface area contributed by atoms with Crippen molar-refractivity contribution in [1.82, 2.24) is 25.5 Å². The van der Waals surface area contributed by atoms with Gasteiger partial charge in [-0.05, 0) is 41.4 Å². The number of aromatic nitrogens is 4. The van der Waals surface area contributed by atoms with E-state index < -0.39 is 8.32 Å². The number of carbonyl (C=O) groups excluding carboxylic acids is 2. The molecule has 0 aromatic carbocycles. The molecule has 2 heterocycles. The van der Waals surface area contributed by atoms with Gasteiger partial charge in [-0.2, -0.15) is 0 Å². The van der Waals surface area contributed by atoms with Crippen LogP contribution >= 0.6 is 11.8 Å². The third-order valence-corrected chi connectivity index (χ3v) is 10.8. The van der Waals surface area contributed by atoms with Crippen molar-refractivity contribution in [2.24, 2.45) is 5.92 Å². The lowest BCUT2D eigenvalue weighted by molar-refractivity contribution is -0.133. The van der Waals surface area contributed by atoms with E-state index >= 15 is 0 Å². The minimum atomic E-state index is -1.89. The number of hydrogen-bond donors (Lipinski definition) is 1. The number of carbonyl (C=O) groups is 2. The van der Waals surface area contributed by atoms with Gasteiger partial charge in [-0.15, -0.1) is 5.10 Å². The molecule has 0 bridgehead atoms. The third kappa shape index (κ3) is 5.62. The second-order valence-corrected chi connectivity index (χ2v) is 14.1. The Balaban J connectivity index is 1.69. The average Bonchev–Trinajstić information content (AvgIpc) is 3.03. The van der Waals surface area contributed by atoms with Crippen LogP contribution in [0.4, 0.5) is 0 Å². The van der Waals surface area contributed by atoms with Crippen molar-refractivity contribution < 1.29 is 14.0 Å². The first-order chi connectivity index (χ1) is 12.1. The zero-order chi connectivity index (χ0) is 19.4. The van der Waals surface area contributed by atoms with Crippen LogP contribution < -0.4 is 5.32 Å². The molecule has 0 aliphatic carbocycles. The van der Waals surface area contributed by atoms with Crippen LogP contribution in [0.1, 0.15) is 40.0 Å². The van der Waals surface area contributed by atoms with Crippen LogP contribution in [0.2, 0.25) is 18.1 Å². The molecule has 0 radical (unpaired) electrons. The largest absolute Gasteiger partial charge is 0.416 e. The van der Waals surface area contributed by atoms with Gasteiger partial charge in [0.2, 0.25) is 5.91 Å². The molecule has 10 heteroatoms. The molecule has 1 fully saturated rings. The lowest BCUT2D eigenvalue weighted by Gasteiger charge is -2.41. The molecule has 1 aliphatic rings. The highest BCUT2D eigenvalue weighted by atomic mass is 32.2. The van der Waals surface area contributed by atoms with Crippen LogP contribution in [0.25, 0.3) is 0 Å². The molecule has 26 heavy (non-hydrogen) atoms. The monoisotopic (exact) mass is 399 g/mol. The molecule has 1 aliphatic heterocycles. The topological polar surface area (TPSA) is 99.0 Å². The SMILES string of the molecule is CC(C)(C)[Si](C)(C)OC[C@H]1C(=O)N[C@@H]1SC(=O)CCCCn1cnnn1. The summed E-state index contributed by atoms with van der Waals surface area (Å²) in [7, 11) is -1.89. The van der Waals surface area contributed by atoms with Crippen molar-refractivity contribution in [2.75, 3.05) is 6.61 Å². The number of rotatable bonds is 9. The van der Waals surface area contributed by atoms with Crippen LogP contribution in [0.15, 0.2) is 6.33 Å². The summed E-state index contributed by atoms with van der Waals surface area (Å²) >= 11 is 1.22. The number of unbranched alkanes of at least 4 members (excludes halogenated alkanes) is 1. The summed E-state index contributed by atoms with van der Waals surface area (Å²) in [5.41, 5.74) is 0. The Kier molecular flexibility index (Phi) is 6.97. The van der Waals surface area contributed by atoms with Crippen molar-refractivity contribution in [2.45, 2.75) is 70.1 Å². The van der Waals surface area contributed by atoms with Gasteiger partial charge < -0.3 is 9.74 Å². The molecular weight excluding hydrogens is 370 g/mol. The quantitative estimate of drug-likeness (QED) is 0.386. The number of hydrogen-bond acceptors (Lipinski definition) is 7. The summed E-state index contributed by atoms with van der Waals surface area (Å²) in [6.07, 6.45) is 3.66. The number of thioether (sulfide) groups is 1. The first-order valence-corrected chi connectivity index (χ1v) is 12.7. The molecule has 2 rings (SSSR count). The van der Waals surface area contributed by atoms with E-state index in [-0.39, 0.29) is 27.4 Å². The smallest absolute Gasteiger partial charge is 0.229 e. The van der Waals surface area contributed by atoms with E-state index in [1.165, 1.54) is 11.8 Å². The van der Waals surface area contributed by atoms with Gasteiger partial charge in [0.25, 0.3) is 0 Å². The maximum Gasteiger partial charge on any atom is 0.229 e. The predicted octanol–water partition coefficient (Wildman–Crippen LogP) is 2.20. The molecule has 1 aromatic heterocycles. The lowest BCUT2D eigenvalue weighted by Crippen LogP contribution is -2.59. The van der Waals surface area contributed by atoms with Gasteiger partial charge in [-0.25, -0.2) is 4.68 Å². The third-order valence-electron chi connectivity index (χ3n) is 5.08. The highest BCUT2D eigenvalue weighted by molar-refractivity contribution is 8.14. The van der Waals surface area contributed by atoms with Gasteiger partial charge in [-0.3, -0.25) is 9.59 Å². The van der Waals surface area contributed by atoms with Crippen molar-refractivity contribution in [3.8, 4) is 0 Å². The minimum absolute atomic E-state index is 0.0207. The molecule has 1 N–H and O–H groups in total. The van der Waals surface area contributed by atoms with Crippen LogP contribution in [-0.4, -0.2) is 51.5 Å². The van der Waals surface area contributed by atoms with E-state index in [9.17, 15) is 9.59 Å². The van der Waals surface area contributed by atoms with Crippen molar-refractivity contribution in [1.29, 1.82) is 0 Å². The Morgan fingerprint density at radius 2 is 2.12 bits per heavy atom. The maximum absolute atomic E-state index is 12.2. The van der Waals surface area contributed by atoms with Crippen molar-refractivity contribution >= 4 is 31.1 Å². The summed E-state index contributed by atoms with van der Waals surface area (Å²) in [6, 6.07) is 0. The van der Waals surface area contributed by atoms with Gasteiger partial charge in [0.05, 0.1) is 11.3 Å². The van der Waals surface area contributed by atoms with Crippen molar-refractivity contribution in [3.63, 3.8) is 0 Å². The van der Waals surface area contributed by atoms with Gasteiger partial charge in [0, 0.05) is 19.6 Å². The molecule has 1 aromatic rings. The normalized spacial score (nSPS) is 20.6. The fraction of sp³-hybridized carbons (Fsp3) is 0.812. The number of β-lactam (4-membered cyclic amide) rings is 1. The van der Waals surface area contributed by atoms with E-state index in [1.54, 1.807) is 11.0 Å². The van der Waals surface area contributed by atoms with Crippen LogP contribution in [0, 0.1) is 5.92 Å². The Labute approximate surface area is 159 Å². The molecule has 1 amide bonds. The first-order valence-electron chi connectivity index (χ1n) is 8.95. The second-order valence-electron chi connectivity index (χ2n) is 8.13. The fourth-order valence-electron chi connectivity index (χ4n) is 2.20. The van der Waals surface area contributed by atoms with Gasteiger partial charge in [0.15, 0.2) is 13.4 Å². The maximum atomic E-state index is 12.2. The molecule has 8 nitrogen and oxygen atoms in total. The average molecular weight is 400 g/mol. The summed E-state index contributed by atoms with van der Waals surface area (Å²) < 4.78 is 7.80. The second kappa shape index (κ2) is 8.62. The summed E-state index contributed by atoms with van der Waals surface area (Å²) in [6.45, 7) is 11.9. The van der Waals surface area contributed by atoms with Crippen LogP contribution in [0.3, 0.4) is 0 Å². The molecule has 1 saturated heterocycles. The summed E-state index contributed by atoms with van der Waals surface area (Å²) in [5, 5.41) is 13.8. The Morgan fingerprint density at radius 3 is 2.69 bits per heavy atom. The molecule has 0 unspecified atom stereocenters. The number of tetrazole rings is 1. The lowest BCUT2D eigenvalue weighted by atomic mass is 10.0. The molecule has 0 spiro atoms. The van der Waals surface area contributed by atoms with E-state index in [1.807, 2.05) is 0 Å². The highest BCUT2D eigenvalue weighted by Crippen LogP contribution is 2.38. The predicted molar refractivity (Wildman–Crippen MR) is 103 cm³/mol. The van der Waals surface area contributed by atoms with Crippen LogP contribution in [-0.2, 0) is 20.6 Å². The van der Waals surface area contributed by atoms with Crippen molar-refractivity contribution in [3.05, 3.63) is 6.33 Å². The van der Waals surface area contributed by atoms with E-state index in [2.05, 4.69) is 54.7 Å². The number of nitrogens with one attached hydrogen (secondary N) is 1. The van der Waals surface area contributed by atoms with E-state index in [0.717, 1.165) is 12.8 Å². The molecule has 0 saturated carbocycles. The highest BCUT2D eigenvalue weighted by Gasteiger charge is 2.44. The van der Waals surface area contributed by atoms with Gasteiger partial charge >= 0.3 is 0 Å². The Bertz CT molecular complexity index is 618. The van der Waals surface area contributed by atoms with E-state index in [0.29, 0.717) is 19.6 Å². The zero-order valence-corrected chi connectivity index (χ0v) is 18.0. The standard InChI is InChI=1S/C16H29N5O3SSi/c1-16(2,3)26(4,5)24-10-12-14(23)18-15(12)25-13(22)8-6-7-9-21-11-17-19-20-21/h11-12,15H,6-10H2,1-5H3,(H,18,23)/t12-,15+/m0/s1. The number of amides is 1. The van der Waals surface area contributed by atoms with E-state index in [4.69, 9.17) is 4.43 Å².